The van der Waals surface area contributed by atoms with E-state index in [0.29, 0.717) is 6.42 Å². The minimum Gasteiger partial charge on any atom is -0.445 e. The Morgan fingerprint density at radius 3 is 2.05 bits per heavy atom. The first-order chi connectivity index (χ1) is 28.9. The largest absolute Gasteiger partial charge is 0.445 e. The van der Waals surface area contributed by atoms with E-state index >= 15 is 0 Å². The van der Waals surface area contributed by atoms with Gasteiger partial charge in [-0.1, -0.05) is 133 Å². The molecule has 0 aliphatic carbocycles. The van der Waals surface area contributed by atoms with Crippen LogP contribution in [-0.2, 0) is 50.1 Å². The van der Waals surface area contributed by atoms with Gasteiger partial charge in [0.2, 0.25) is 5.91 Å². The molecule has 0 bridgehead atoms. The molecule has 11 heteroatoms. The van der Waals surface area contributed by atoms with Crippen LogP contribution in [0.5, 0.6) is 0 Å². The van der Waals surface area contributed by atoms with Crippen LogP contribution in [-0.4, -0.2) is 82.6 Å². The van der Waals surface area contributed by atoms with Crippen molar-refractivity contribution in [2.45, 2.75) is 63.7 Å². The molecule has 5 aromatic rings. The Morgan fingerprint density at radius 2 is 1.34 bits per heavy atom. The molecule has 5 aromatic carbocycles. The molecule has 3 fully saturated rings. The number of hydrogen-bond acceptors (Lipinski definition) is 9. The van der Waals surface area contributed by atoms with Crippen LogP contribution in [0.4, 0.5) is 4.79 Å². The maximum absolute atomic E-state index is 13.4. The quantitative estimate of drug-likeness (QED) is 0.125. The second kappa shape index (κ2) is 18.9. The van der Waals surface area contributed by atoms with Gasteiger partial charge in [0.05, 0.1) is 31.8 Å². The van der Waals surface area contributed by atoms with Crippen molar-refractivity contribution < 1.29 is 33.7 Å². The van der Waals surface area contributed by atoms with E-state index in [4.69, 9.17) is 14.2 Å². The van der Waals surface area contributed by atoms with Gasteiger partial charge in [0.1, 0.15) is 12.6 Å². The summed E-state index contributed by atoms with van der Waals surface area (Å²) >= 11 is 0. The lowest BCUT2D eigenvalue weighted by Gasteiger charge is -2.40. The fraction of sp³-hybridized carbons (Fsp3) is 0.312. The van der Waals surface area contributed by atoms with E-state index < -0.39 is 24.3 Å². The fourth-order valence-electron chi connectivity index (χ4n) is 8.09. The fourth-order valence-corrected chi connectivity index (χ4v) is 8.09. The predicted octanol–water partition coefficient (Wildman–Crippen LogP) is 6.76. The van der Waals surface area contributed by atoms with Crippen LogP contribution in [0.25, 0.3) is 11.1 Å². The van der Waals surface area contributed by atoms with Crippen LogP contribution in [0.1, 0.15) is 58.6 Å². The molecule has 11 nitrogen and oxygen atoms in total. The van der Waals surface area contributed by atoms with E-state index in [-0.39, 0.29) is 44.3 Å². The molecule has 2 N–H and O–H groups in total. The number of aliphatic hydroxyl groups is 1. The van der Waals surface area contributed by atoms with Gasteiger partial charge in [-0.15, -0.1) is 0 Å². The first-order valence-corrected chi connectivity index (χ1v) is 20.4. The van der Waals surface area contributed by atoms with Crippen LogP contribution < -0.4 is 5.32 Å². The van der Waals surface area contributed by atoms with E-state index in [1.165, 1.54) is 10.5 Å². The lowest BCUT2D eigenvalue weighted by molar-refractivity contribution is -0.253. The molecule has 3 aliphatic heterocycles. The molecule has 0 aromatic heterocycles. The number of nitrogens with zero attached hydrogens (tertiary/aromatic N) is 3. The highest BCUT2D eigenvalue weighted by molar-refractivity contribution is 6.06. The smallest absolute Gasteiger partial charge is 0.408 e. The molecule has 3 amide bonds. The standard InChI is InChI=1S/C48H50N4O7/c53-32-35-15-17-38(18-16-35)44-27-41(31-51-25-23-50(24-26-51)29-34-9-3-1-4-10-34)58-47(59-44)39-21-19-37(20-22-39)42-14-8-7-13-40(42)30-52-45(54)28-43(46(52)55)49-48(56)57-33-36-11-5-2-6-12-36/h1-22,41,43-44,47,53H,23-33H2,(H,49,56). The van der Waals surface area contributed by atoms with Crippen LogP contribution in [0, 0.1) is 0 Å². The monoisotopic (exact) mass is 794 g/mol. The summed E-state index contributed by atoms with van der Waals surface area (Å²) in [6, 6.07) is 42.6. The first-order valence-electron chi connectivity index (χ1n) is 20.4. The summed E-state index contributed by atoms with van der Waals surface area (Å²) in [5, 5.41) is 12.2. The number of carbonyl (C=O) groups excluding carboxylic acids is 3. The van der Waals surface area contributed by atoms with Crippen molar-refractivity contribution >= 4 is 17.9 Å². The Morgan fingerprint density at radius 1 is 0.695 bits per heavy atom. The number of nitrogens with one attached hydrogen (secondary N) is 1. The third-order valence-corrected chi connectivity index (χ3v) is 11.4. The number of alkyl carbamates (subject to hydrolysis) is 1. The zero-order valence-corrected chi connectivity index (χ0v) is 33.0. The zero-order valence-electron chi connectivity index (χ0n) is 33.0. The second-order valence-electron chi connectivity index (χ2n) is 15.5. The molecule has 4 unspecified atom stereocenters. The third kappa shape index (κ3) is 10.1. The average molecular weight is 795 g/mol. The molecule has 304 valence electrons. The Kier molecular flexibility index (Phi) is 12.9. The highest BCUT2D eigenvalue weighted by Crippen LogP contribution is 2.39. The van der Waals surface area contributed by atoms with E-state index in [1.807, 2.05) is 103 Å². The van der Waals surface area contributed by atoms with E-state index in [0.717, 1.165) is 78.2 Å². The molecule has 4 atom stereocenters. The molecular weight excluding hydrogens is 745 g/mol. The summed E-state index contributed by atoms with van der Waals surface area (Å²) in [6.45, 7) is 5.80. The van der Waals surface area contributed by atoms with Crippen LogP contribution in [0.2, 0.25) is 0 Å². The van der Waals surface area contributed by atoms with Crippen molar-refractivity contribution in [3.05, 3.63) is 167 Å². The summed E-state index contributed by atoms with van der Waals surface area (Å²) in [4.78, 5) is 45.2. The van der Waals surface area contributed by atoms with Gasteiger partial charge in [0.15, 0.2) is 6.29 Å². The maximum Gasteiger partial charge on any atom is 0.408 e. The highest BCUT2D eigenvalue weighted by Gasteiger charge is 2.40. The molecule has 3 heterocycles. The molecule has 0 spiro atoms. The van der Waals surface area contributed by atoms with Gasteiger partial charge in [-0.2, -0.15) is 0 Å². The molecule has 8 rings (SSSR count). The number of aliphatic hydroxyl groups excluding tert-OH is 1. The number of benzene rings is 5. The summed E-state index contributed by atoms with van der Waals surface area (Å²) in [6.07, 6.45) is -1.01. The number of carbonyl (C=O) groups is 3. The van der Waals surface area contributed by atoms with Gasteiger partial charge in [-0.3, -0.25) is 24.3 Å². The van der Waals surface area contributed by atoms with Gasteiger partial charge in [0.25, 0.3) is 5.91 Å². The molecule has 3 saturated heterocycles. The Labute approximate surface area is 345 Å². The van der Waals surface area contributed by atoms with E-state index in [2.05, 4.69) is 45.4 Å². The summed E-state index contributed by atoms with van der Waals surface area (Å²) < 4.78 is 18.7. The van der Waals surface area contributed by atoms with Crippen molar-refractivity contribution in [3.8, 4) is 11.1 Å². The van der Waals surface area contributed by atoms with Crippen LogP contribution in [0.15, 0.2) is 133 Å². The second-order valence-corrected chi connectivity index (χ2v) is 15.5. The molecular formula is C48H50N4O7. The van der Waals surface area contributed by atoms with Crippen molar-refractivity contribution in [2.24, 2.45) is 0 Å². The topological polar surface area (TPSA) is 121 Å². The minimum atomic E-state index is -0.989. The van der Waals surface area contributed by atoms with Crippen molar-refractivity contribution in [1.29, 1.82) is 0 Å². The Hall–Kier alpha value is -5.69. The van der Waals surface area contributed by atoms with Gasteiger partial charge < -0.3 is 24.6 Å². The number of piperazine rings is 1. The molecule has 59 heavy (non-hydrogen) atoms. The number of likely N-dealkylation sites (tertiary alicyclic amines) is 1. The molecule has 0 radical (unpaired) electrons. The summed E-state index contributed by atoms with van der Waals surface area (Å²) in [5.74, 6) is -0.822. The van der Waals surface area contributed by atoms with Crippen molar-refractivity contribution in [1.82, 2.24) is 20.0 Å². The number of ether oxygens (including phenoxy) is 3. The Balaban J connectivity index is 0.923. The number of imide groups is 1. The summed E-state index contributed by atoms with van der Waals surface area (Å²) in [7, 11) is 0. The minimum absolute atomic E-state index is 0.0136. The predicted molar refractivity (Wildman–Crippen MR) is 222 cm³/mol. The number of rotatable bonds is 13. The van der Waals surface area contributed by atoms with Crippen molar-refractivity contribution in [2.75, 3.05) is 32.7 Å². The van der Waals surface area contributed by atoms with Gasteiger partial charge in [-0.05, 0) is 38.9 Å². The molecule has 0 saturated carbocycles. The summed E-state index contributed by atoms with van der Waals surface area (Å²) in [5.41, 5.74) is 7.54. The number of hydrogen-bond donors (Lipinski definition) is 2. The van der Waals surface area contributed by atoms with Crippen molar-refractivity contribution in [3.63, 3.8) is 0 Å². The first kappa shape index (κ1) is 40.1. The number of amides is 3. The Bertz CT molecular complexity index is 2180. The van der Waals surface area contributed by atoms with Gasteiger partial charge in [0, 0.05) is 51.3 Å². The van der Waals surface area contributed by atoms with Crippen LogP contribution >= 0.6 is 0 Å². The lowest BCUT2D eigenvalue weighted by Crippen LogP contribution is -2.49. The SMILES string of the molecule is O=C(NC1CC(=O)N(Cc2ccccc2-c2ccc(C3OC(CN4CCN(Cc5ccccc5)CC4)CC(c4ccc(CO)cc4)O3)cc2)C1=O)OCc1ccccc1. The van der Waals surface area contributed by atoms with Crippen LogP contribution in [0.3, 0.4) is 0 Å². The molecule has 3 aliphatic rings. The van der Waals surface area contributed by atoms with E-state index in [9.17, 15) is 19.5 Å². The third-order valence-electron chi connectivity index (χ3n) is 11.4. The lowest BCUT2D eigenvalue weighted by atomic mass is 9.97. The average Bonchev–Trinajstić information content (AvgIpc) is 3.54. The van der Waals surface area contributed by atoms with Gasteiger partial charge in [-0.25, -0.2) is 4.79 Å². The maximum atomic E-state index is 13.4. The highest BCUT2D eigenvalue weighted by atomic mass is 16.7. The normalized spacial score (nSPS) is 21.4. The zero-order chi connectivity index (χ0) is 40.6. The van der Waals surface area contributed by atoms with E-state index in [1.54, 1.807) is 0 Å². The van der Waals surface area contributed by atoms with Gasteiger partial charge >= 0.3 is 6.09 Å².